The Morgan fingerprint density at radius 3 is 2.12 bits per heavy atom. The van der Waals surface area contributed by atoms with Gasteiger partial charge in [0.05, 0.1) is 24.7 Å². The smallest absolute Gasteiger partial charge is 0.276 e. The number of nitro benzene ring substituents is 1. The Balaban J connectivity index is 3.24. The number of benzene rings is 1. The minimum Gasteiger partial charge on any atom is -0.493 e. The number of rotatable bonds is 6. The summed E-state index contributed by atoms with van der Waals surface area (Å²) in [6.07, 6.45) is 0.851. The molecule has 0 heterocycles. The number of nitrogens with zero attached hydrogens (tertiary/aromatic N) is 1. The van der Waals surface area contributed by atoms with Gasteiger partial charge in [-0.1, -0.05) is 48.5 Å². The third-order valence-corrected chi connectivity index (χ3v) is 4.38. The van der Waals surface area contributed by atoms with Crippen molar-refractivity contribution in [3.8, 4) is 11.5 Å². The quantitative estimate of drug-likeness (QED) is 0.503. The van der Waals surface area contributed by atoms with E-state index in [1.165, 1.54) is 6.07 Å². The van der Waals surface area contributed by atoms with E-state index in [-0.39, 0.29) is 27.4 Å². The van der Waals surface area contributed by atoms with E-state index in [0.29, 0.717) is 23.7 Å². The van der Waals surface area contributed by atoms with Gasteiger partial charge in [0.15, 0.2) is 11.5 Å². The fourth-order valence-electron chi connectivity index (χ4n) is 2.28. The molecule has 1 rings (SSSR count). The van der Waals surface area contributed by atoms with Crippen LogP contribution in [0.4, 0.5) is 5.69 Å². The first-order chi connectivity index (χ1) is 10.9. The Kier molecular flexibility index (Phi) is 6.26. The van der Waals surface area contributed by atoms with Gasteiger partial charge in [-0.3, -0.25) is 10.1 Å². The molecule has 0 aliphatic carbocycles. The molecule has 0 aromatic heterocycles. The van der Waals surface area contributed by atoms with E-state index in [4.69, 9.17) is 9.47 Å². The summed E-state index contributed by atoms with van der Waals surface area (Å²) in [6, 6.07) is 3.25. The molecule has 0 N–H and O–H groups in total. The highest BCUT2D eigenvalue weighted by Gasteiger charge is 2.30. The summed E-state index contributed by atoms with van der Waals surface area (Å²) in [5, 5.41) is 11.5. The van der Waals surface area contributed by atoms with Crippen molar-refractivity contribution in [1.29, 1.82) is 0 Å². The lowest BCUT2D eigenvalue weighted by atomic mass is 9.77. The van der Waals surface area contributed by atoms with Gasteiger partial charge in [0, 0.05) is 5.56 Å². The number of methoxy groups -OCH3 is 1. The van der Waals surface area contributed by atoms with Gasteiger partial charge in [0.2, 0.25) is 0 Å². The molecule has 1 aromatic rings. The lowest BCUT2D eigenvalue weighted by Gasteiger charge is -2.28. The van der Waals surface area contributed by atoms with E-state index in [0.717, 1.165) is 6.42 Å². The standard InChI is InChI=1S/C19H31NO4/c1-13(19(5,6)7)14-11-16(23-8)17(12-15(14)20(21)22)24-10-9-18(2,3)4/h11-13H,9-10H2,1-8H3. The summed E-state index contributed by atoms with van der Waals surface area (Å²) in [5.41, 5.74) is 0.807. The fourth-order valence-corrected chi connectivity index (χ4v) is 2.28. The van der Waals surface area contributed by atoms with Crippen LogP contribution in [0.2, 0.25) is 0 Å². The molecule has 24 heavy (non-hydrogen) atoms. The second-order valence-electron chi connectivity index (χ2n) is 8.57. The van der Waals surface area contributed by atoms with Crippen molar-refractivity contribution in [2.75, 3.05) is 13.7 Å². The molecule has 1 unspecified atom stereocenters. The van der Waals surface area contributed by atoms with Crippen LogP contribution in [0.3, 0.4) is 0 Å². The third-order valence-electron chi connectivity index (χ3n) is 4.38. The first-order valence-corrected chi connectivity index (χ1v) is 8.36. The van der Waals surface area contributed by atoms with Crippen LogP contribution in [0.15, 0.2) is 12.1 Å². The summed E-state index contributed by atoms with van der Waals surface area (Å²) in [5.74, 6) is 0.981. The van der Waals surface area contributed by atoms with Crippen LogP contribution >= 0.6 is 0 Å². The molecule has 0 spiro atoms. The van der Waals surface area contributed by atoms with Crippen LogP contribution in [-0.2, 0) is 0 Å². The lowest BCUT2D eigenvalue weighted by Crippen LogP contribution is -2.17. The molecular formula is C19H31NO4. The van der Waals surface area contributed by atoms with E-state index in [1.807, 2.05) is 6.92 Å². The predicted octanol–water partition coefficient (Wildman–Crippen LogP) is 5.57. The second kappa shape index (κ2) is 7.41. The van der Waals surface area contributed by atoms with Crippen molar-refractivity contribution in [2.45, 2.75) is 60.8 Å². The van der Waals surface area contributed by atoms with Gasteiger partial charge in [-0.25, -0.2) is 0 Å². The Hall–Kier alpha value is -1.78. The maximum Gasteiger partial charge on any atom is 0.276 e. The highest BCUT2D eigenvalue weighted by atomic mass is 16.6. The zero-order chi connectivity index (χ0) is 18.7. The predicted molar refractivity (Wildman–Crippen MR) is 97.1 cm³/mol. The molecule has 0 radical (unpaired) electrons. The highest BCUT2D eigenvalue weighted by Crippen LogP contribution is 2.43. The first kappa shape index (κ1) is 20.3. The molecule has 5 nitrogen and oxygen atoms in total. The SMILES string of the molecule is COc1cc(C(C)C(C)(C)C)c([N+](=O)[O-])cc1OCCC(C)(C)C. The maximum atomic E-state index is 11.5. The summed E-state index contributed by atoms with van der Waals surface area (Å²) in [4.78, 5) is 11.2. The van der Waals surface area contributed by atoms with Gasteiger partial charge in [0.1, 0.15) is 0 Å². The summed E-state index contributed by atoms with van der Waals surface area (Å²) < 4.78 is 11.2. The van der Waals surface area contributed by atoms with Gasteiger partial charge in [0.25, 0.3) is 5.69 Å². The van der Waals surface area contributed by atoms with Crippen molar-refractivity contribution in [2.24, 2.45) is 10.8 Å². The molecule has 1 aromatic carbocycles. The van der Waals surface area contributed by atoms with Gasteiger partial charge in [-0.15, -0.1) is 0 Å². The maximum absolute atomic E-state index is 11.5. The van der Waals surface area contributed by atoms with Crippen molar-refractivity contribution in [3.05, 3.63) is 27.8 Å². The van der Waals surface area contributed by atoms with Gasteiger partial charge in [-0.05, 0) is 29.2 Å². The normalized spacial score (nSPS) is 13.5. The lowest BCUT2D eigenvalue weighted by molar-refractivity contribution is -0.385. The van der Waals surface area contributed by atoms with E-state index in [2.05, 4.69) is 41.5 Å². The number of hydrogen-bond acceptors (Lipinski definition) is 4. The molecule has 5 heteroatoms. The second-order valence-corrected chi connectivity index (χ2v) is 8.57. The topological polar surface area (TPSA) is 61.6 Å². The van der Waals surface area contributed by atoms with Crippen LogP contribution in [0, 0.1) is 20.9 Å². The third kappa shape index (κ3) is 5.39. The Morgan fingerprint density at radius 1 is 1.12 bits per heavy atom. The van der Waals surface area contributed by atoms with E-state index < -0.39 is 0 Å². The van der Waals surface area contributed by atoms with E-state index in [9.17, 15) is 10.1 Å². The molecule has 0 amide bonds. The fraction of sp³-hybridized carbons (Fsp3) is 0.684. The van der Waals surface area contributed by atoms with Crippen LogP contribution < -0.4 is 9.47 Å². The van der Waals surface area contributed by atoms with Crippen molar-refractivity contribution >= 4 is 5.69 Å². The van der Waals surface area contributed by atoms with Crippen LogP contribution in [0.5, 0.6) is 11.5 Å². The molecule has 0 saturated heterocycles. The summed E-state index contributed by atoms with van der Waals surface area (Å²) in [6.45, 7) is 15.1. The minimum atomic E-state index is -0.340. The zero-order valence-electron chi connectivity index (χ0n) is 16.2. The van der Waals surface area contributed by atoms with Crippen molar-refractivity contribution < 1.29 is 14.4 Å². The molecule has 1 atom stereocenters. The van der Waals surface area contributed by atoms with Crippen molar-refractivity contribution in [1.82, 2.24) is 0 Å². The molecule has 0 aliphatic rings. The molecule has 136 valence electrons. The minimum absolute atomic E-state index is 0.00965. The van der Waals surface area contributed by atoms with Crippen LogP contribution in [0.1, 0.15) is 66.4 Å². The average molecular weight is 337 g/mol. The summed E-state index contributed by atoms with van der Waals surface area (Å²) >= 11 is 0. The van der Waals surface area contributed by atoms with Gasteiger partial charge in [-0.2, -0.15) is 0 Å². The number of ether oxygens (including phenoxy) is 2. The Bertz CT molecular complexity index is 582. The Labute approximate surface area is 145 Å². The van der Waals surface area contributed by atoms with Gasteiger partial charge >= 0.3 is 0 Å². The number of hydrogen-bond donors (Lipinski definition) is 0. The monoisotopic (exact) mass is 337 g/mol. The largest absolute Gasteiger partial charge is 0.493 e. The number of nitro groups is 1. The molecule has 0 aliphatic heterocycles. The van der Waals surface area contributed by atoms with Crippen LogP contribution in [0.25, 0.3) is 0 Å². The van der Waals surface area contributed by atoms with Crippen LogP contribution in [-0.4, -0.2) is 18.6 Å². The summed E-state index contributed by atoms with van der Waals surface area (Å²) in [7, 11) is 1.56. The molecule has 0 bridgehead atoms. The molecule has 0 fully saturated rings. The van der Waals surface area contributed by atoms with E-state index in [1.54, 1.807) is 13.2 Å². The first-order valence-electron chi connectivity index (χ1n) is 8.36. The average Bonchev–Trinajstić information content (AvgIpc) is 2.43. The highest BCUT2D eigenvalue weighted by molar-refractivity contribution is 5.55. The van der Waals surface area contributed by atoms with Gasteiger partial charge < -0.3 is 9.47 Å². The van der Waals surface area contributed by atoms with Crippen molar-refractivity contribution in [3.63, 3.8) is 0 Å². The molecular weight excluding hydrogens is 306 g/mol. The van der Waals surface area contributed by atoms with E-state index >= 15 is 0 Å². The molecule has 0 saturated carbocycles. The Morgan fingerprint density at radius 2 is 1.71 bits per heavy atom. The zero-order valence-corrected chi connectivity index (χ0v) is 16.2.